The van der Waals surface area contributed by atoms with Crippen LogP contribution in [0.25, 0.3) is 6.08 Å². The predicted molar refractivity (Wildman–Crippen MR) is 100 cm³/mol. The second-order valence-corrected chi connectivity index (χ2v) is 6.97. The molecule has 1 N–H and O–H groups in total. The number of thiophene rings is 1. The molecule has 1 unspecified atom stereocenters. The number of methoxy groups -OCH3 is 1. The van der Waals surface area contributed by atoms with Gasteiger partial charge in [-0.05, 0) is 36.1 Å². The summed E-state index contributed by atoms with van der Waals surface area (Å²) in [4.78, 5) is 28.4. The molecule has 1 amide bonds. The number of aromatic nitrogens is 1. The number of nitriles is 1. The standard InChI is InChI=1S/C19H17N3O4S/c1-25-19(24)26-13-5-6-14-15(10-20)18(27-16(14)9-13)22-17(23)7-4-12-3-2-8-21-11-12/h2-4,7-8,11,13H,5-6,9H2,1H3,(H,22,23). The molecule has 0 fully saturated rings. The van der Waals surface area contributed by atoms with Gasteiger partial charge >= 0.3 is 6.16 Å². The van der Waals surface area contributed by atoms with Crippen molar-refractivity contribution >= 4 is 34.5 Å². The van der Waals surface area contributed by atoms with Crippen molar-refractivity contribution in [3.8, 4) is 6.07 Å². The van der Waals surface area contributed by atoms with E-state index >= 15 is 0 Å². The first-order valence-corrected chi connectivity index (χ1v) is 9.10. The average Bonchev–Trinajstić information content (AvgIpc) is 3.03. The molecule has 2 heterocycles. The van der Waals surface area contributed by atoms with Gasteiger partial charge < -0.3 is 14.8 Å². The second-order valence-electron chi connectivity index (χ2n) is 5.87. The monoisotopic (exact) mass is 383 g/mol. The number of pyridine rings is 1. The molecule has 0 bridgehead atoms. The lowest BCUT2D eigenvalue weighted by molar-refractivity contribution is -0.111. The van der Waals surface area contributed by atoms with Crippen LogP contribution in [0.15, 0.2) is 30.6 Å². The Balaban J connectivity index is 1.72. The molecule has 8 heteroatoms. The number of ether oxygens (including phenoxy) is 2. The number of nitrogens with zero attached hydrogens (tertiary/aromatic N) is 2. The van der Waals surface area contributed by atoms with Crippen LogP contribution in [-0.4, -0.2) is 30.3 Å². The van der Waals surface area contributed by atoms with Gasteiger partial charge in [-0.1, -0.05) is 6.07 Å². The Bertz CT molecular complexity index is 915. The van der Waals surface area contributed by atoms with Crippen molar-refractivity contribution in [2.24, 2.45) is 0 Å². The molecule has 0 radical (unpaired) electrons. The zero-order valence-electron chi connectivity index (χ0n) is 14.6. The Morgan fingerprint density at radius 1 is 1.48 bits per heavy atom. The van der Waals surface area contributed by atoms with Crippen LogP contribution in [-0.2, 0) is 27.1 Å². The zero-order chi connectivity index (χ0) is 19.2. The molecule has 0 aromatic carbocycles. The second kappa shape index (κ2) is 8.47. The largest absolute Gasteiger partial charge is 0.508 e. The van der Waals surface area contributed by atoms with E-state index in [0.717, 1.165) is 16.0 Å². The third-order valence-electron chi connectivity index (χ3n) is 4.11. The lowest BCUT2D eigenvalue weighted by Gasteiger charge is -2.21. The normalized spacial score (nSPS) is 15.6. The third kappa shape index (κ3) is 4.51. The Hall–Kier alpha value is -3.18. The van der Waals surface area contributed by atoms with Crippen molar-refractivity contribution in [3.63, 3.8) is 0 Å². The van der Waals surface area contributed by atoms with Crippen molar-refractivity contribution in [1.82, 2.24) is 4.98 Å². The van der Waals surface area contributed by atoms with Gasteiger partial charge in [0.25, 0.3) is 0 Å². The molecular weight excluding hydrogens is 366 g/mol. The minimum Gasteiger partial charge on any atom is -0.438 e. The molecule has 27 heavy (non-hydrogen) atoms. The summed E-state index contributed by atoms with van der Waals surface area (Å²) in [7, 11) is 1.27. The van der Waals surface area contributed by atoms with Gasteiger partial charge in [-0.3, -0.25) is 9.78 Å². The van der Waals surface area contributed by atoms with Crippen LogP contribution in [0.2, 0.25) is 0 Å². The predicted octanol–water partition coefficient (Wildman–Crippen LogP) is 3.31. The van der Waals surface area contributed by atoms with Crippen molar-refractivity contribution in [2.45, 2.75) is 25.4 Å². The minimum absolute atomic E-state index is 0.288. The number of hydrogen-bond donors (Lipinski definition) is 1. The molecule has 7 nitrogen and oxygen atoms in total. The van der Waals surface area contributed by atoms with Gasteiger partial charge in [0.1, 0.15) is 17.2 Å². The van der Waals surface area contributed by atoms with Crippen molar-refractivity contribution in [1.29, 1.82) is 5.26 Å². The number of amides is 1. The summed E-state index contributed by atoms with van der Waals surface area (Å²) in [5.41, 5.74) is 2.20. The van der Waals surface area contributed by atoms with Crippen LogP contribution >= 0.6 is 11.3 Å². The van der Waals surface area contributed by atoms with E-state index in [1.165, 1.54) is 24.5 Å². The number of anilines is 1. The maximum atomic E-state index is 12.2. The molecule has 0 spiro atoms. The van der Waals surface area contributed by atoms with Crippen LogP contribution < -0.4 is 5.32 Å². The molecule has 0 saturated carbocycles. The highest BCUT2D eigenvalue weighted by Gasteiger charge is 2.28. The van der Waals surface area contributed by atoms with Gasteiger partial charge in [0.05, 0.1) is 12.7 Å². The summed E-state index contributed by atoms with van der Waals surface area (Å²) < 4.78 is 9.73. The number of nitrogens with one attached hydrogen (secondary N) is 1. The summed E-state index contributed by atoms with van der Waals surface area (Å²) >= 11 is 1.34. The van der Waals surface area contributed by atoms with Gasteiger partial charge in [0.15, 0.2) is 0 Å². The number of rotatable bonds is 4. The number of carbonyl (C=O) groups excluding carboxylic acids is 2. The Morgan fingerprint density at radius 2 is 2.33 bits per heavy atom. The molecular formula is C19H17N3O4S. The number of carbonyl (C=O) groups is 2. The fourth-order valence-corrected chi connectivity index (χ4v) is 4.11. The van der Waals surface area contributed by atoms with E-state index in [0.29, 0.717) is 29.8 Å². The number of hydrogen-bond acceptors (Lipinski definition) is 7. The Kier molecular flexibility index (Phi) is 5.84. The summed E-state index contributed by atoms with van der Waals surface area (Å²) in [5, 5.41) is 12.8. The van der Waals surface area contributed by atoms with Crippen LogP contribution in [0.5, 0.6) is 0 Å². The zero-order valence-corrected chi connectivity index (χ0v) is 15.4. The van der Waals surface area contributed by atoms with E-state index < -0.39 is 6.16 Å². The first-order chi connectivity index (χ1) is 13.1. The highest BCUT2D eigenvalue weighted by atomic mass is 32.1. The Morgan fingerprint density at radius 3 is 3.04 bits per heavy atom. The fourth-order valence-electron chi connectivity index (χ4n) is 2.85. The van der Waals surface area contributed by atoms with Gasteiger partial charge in [0, 0.05) is 29.8 Å². The minimum atomic E-state index is -0.713. The van der Waals surface area contributed by atoms with Gasteiger partial charge in [-0.2, -0.15) is 5.26 Å². The molecule has 1 aliphatic carbocycles. The topological polar surface area (TPSA) is 101 Å². The molecule has 2 aromatic rings. The van der Waals surface area contributed by atoms with E-state index in [9.17, 15) is 14.9 Å². The average molecular weight is 383 g/mol. The molecule has 1 aliphatic rings. The summed E-state index contributed by atoms with van der Waals surface area (Å²) in [5.74, 6) is -0.323. The van der Waals surface area contributed by atoms with Gasteiger partial charge in [-0.25, -0.2) is 4.79 Å². The summed E-state index contributed by atoms with van der Waals surface area (Å²) in [6.07, 6.45) is 7.09. The van der Waals surface area contributed by atoms with Crippen molar-refractivity contribution in [2.75, 3.05) is 12.4 Å². The van der Waals surface area contributed by atoms with E-state index in [2.05, 4.69) is 21.1 Å². The fraction of sp³-hybridized carbons (Fsp3) is 0.263. The highest BCUT2D eigenvalue weighted by molar-refractivity contribution is 7.16. The van der Waals surface area contributed by atoms with Gasteiger partial charge in [0.2, 0.25) is 5.91 Å². The molecule has 0 saturated heterocycles. The SMILES string of the molecule is COC(=O)OC1CCc2c(sc(NC(=O)C=Cc3cccnc3)c2C#N)C1. The lowest BCUT2D eigenvalue weighted by Crippen LogP contribution is -2.24. The van der Waals surface area contributed by atoms with Crippen LogP contribution in [0, 0.1) is 11.3 Å². The molecule has 1 atom stereocenters. The number of fused-ring (bicyclic) bond motifs is 1. The maximum Gasteiger partial charge on any atom is 0.508 e. The van der Waals surface area contributed by atoms with Crippen LogP contribution in [0.3, 0.4) is 0 Å². The highest BCUT2D eigenvalue weighted by Crippen LogP contribution is 2.38. The Labute approximate surface area is 160 Å². The lowest BCUT2D eigenvalue weighted by atomic mass is 9.94. The smallest absolute Gasteiger partial charge is 0.438 e. The quantitative estimate of drug-likeness (QED) is 0.642. The molecule has 2 aromatic heterocycles. The van der Waals surface area contributed by atoms with E-state index in [4.69, 9.17) is 4.74 Å². The van der Waals surface area contributed by atoms with Crippen molar-refractivity contribution in [3.05, 3.63) is 52.2 Å². The summed E-state index contributed by atoms with van der Waals surface area (Å²) in [6, 6.07) is 5.80. The molecule has 3 rings (SSSR count). The third-order valence-corrected chi connectivity index (χ3v) is 5.28. The summed E-state index contributed by atoms with van der Waals surface area (Å²) in [6.45, 7) is 0. The van der Waals surface area contributed by atoms with E-state index in [1.807, 2.05) is 6.07 Å². The molecule has 138 valence electrons. The first kappa shape index (κ1) is 18.6. The maximum absolute atomic E-state index is 12.2. The van der Waals surface area contributed by atoms with Crippen LogP contribution in [0.1, 0.15) is 28.0 Å². The van der Waals surface area contributed by atoms with E-state index in [-0.39, 0.29) is 12.0 Å². The van der Waals surface area contributed by atoms with Crippen molar-refractivity contribution < 1.29 is 19.1 Å². The van der Waals surface area contributed by atoms with Crippen LogP contribution in [0.4, 0.5) is 9.80 Å². The molecule has 0 aliphatic heterocycles. The van der Waals surface area contributed by atoms with Gasteiger partial charge in [-0.15, -0.1) is 11.3 Å². The first-order valence-electron chi connectivity index (χ1n) is 8.29. The van der Waals surface area contributed by atoms with E-state index in [1.54, 1.807) is 24.5 Å².